The topological polar surface area (TPSA) is 61.8 Å². The van der Waals surface area contributed by atoms with Crippen LogP contribution in [0.5, 0.6) is 23.0 Å². The van der Waals surface area contributed by atoms with Crippen LogP contribution in [0.1, 0.15) is 16.7 Å². The molecule has 0 spiro atoms. The lowest BCUT2D eigenvalue weighted by Crippen LogP contribution is -2.05. The van der Waals surface area contributed by atoms with E-state index in [0.717, 1.165) is 66.4 Å². The number of hydrogen-bond donors (Lipinski definition) is 1. The Morgan fingerprint density at radius 2 is 1.24 bits per heavy atom. The van der Waals surface area contributed by atoms with Crippen molar-refractivity contribution in [1.82, 2.24) is 4.57 Å². The number of aromatic nitrogens is 1. The van der Waals surface area contributed by atoms with Crippen LogP contribution in [0.3, 0.4) is 0 Å². The van der Waals surface area contributed by atoms with Gasteiger partial charge >= 0.3 is 0 Å². The second kappa shape index (κ2) is 11.9. The molecule has 8 aromatic rings. The number of ether oxygens (including phenoxy) is 2. The highest BCUT2D eigenvalue weighted by atomic mass is 16.6. The fraction of sp³-hybridized carbons (Fsp3) is 0.0227. The highest BCUT2D eigenvalue weighted by molar-refractivity contribution is 6.13. The SMILES string of the molecule is N/C(=C\C(=N/Cc1ccccc1)c1ccccc1)c1ccc(-n2c3ccccc3c3ccc4c(c32)Oc2c(ccc3ccccc23)O4)cc1. The van der Waals surface area contributed by atoms with E-state index in [-0.39, 0.29) is 0 Å². The molecule has 2 heterocycles. The summed E-state index contributed by atoms with van der Waals surface area (Å²) in [5.74, 6) is 2.82. The highest BCUT2D eigenvalue weighted by Gasteiger charge is 2.27. The molecule has 1 aliphatic rings. The molecule has 0 aliphatic carbocycles. The molecule has 7 aromatic carbocycles. The second-order valence-electron chi connectivity index (χ2n) is 12.2. The summed E-state index contributed by atoms with van der Waals surface area (Å²) in [5, 5.41) is 4.34. The van der Waals surface area contributed by atoms with E-state index in [9.17, 15) is 0 Å². The molecule has 0 atom stereocenters. The molecule has 5 heteroatoms. The Morgan fingerprint density at radius 1 is 0.571 bits per heavy atom. The zero-order valence-electron chi connectivity index (χ0n) is 26.6. The van der Waals surface area contributed by atoms with Gasteiger partial charge < -0.3 is 19.8 Å². The number of benzene rings is 7. The number of rotatable bonds is 6. The molecule has 1 aromatic heterocycles. The van der Waals surface area contributed by atoms with Crippen molar-refractivity contribution >= 4 is 44.0 Å². The van der Waals surface area contributed by atoms with Crippen molar-refractivity contribution in [2.75, 3.05) is 0 Å². The van der Waals surface area contributed by atoms with Crippen molar-refractivity contribution in [3.63, 3.8) is 0 Å². The highest BCUT2D eigenvalue weighted by Crippen LogP contribution is 2.52. The Balaban J connectivity index is 1.13. The fourth-order valence-corrected chi connectivity index (χ4v) is 6.71. The van der Waals surface area contributed by atoms with Gasteiger partial charge in [-0.3, -0.25) is 4.99 Å². The van der Waals surface area contributed by atoms with Crippen molar-refractivity contribution in [2.24, 2.45) is 10.7 Å². The Bertz CT molecular complexity index is 2570. The minimum Gasteiger partial charge on any atom is -0.449 e. The average Bonchev–Trinajstić information content (AvgIpc) is 3.51. The van der Waals surface area contributed by atoms with Crippen LogP contribution in [0.2, 0.25) is 0 Å². The van der Waals surface area contributed by atoms with Crippen molar-refractivity contribution in [1.29, 1.82) is 0 Å². The zero-order valence-corrected chi connectivity index (χ0v) is 26.6. The molecule has 9 rings (SSSR count). The third kappa shape index (κ3) is 5.09. The first-order valence-corrected chi connectivity index (χ1v) is 16.4. The Labute approximate surface area is 283 Å². The molecular formula is C44H31N3O2. The zero-order chi connectivity index (χ0) is 32.7. The quantitative estimate of drug-likeness (QED) is 0.185. The van der Waals surface area contributed by atoms with Crippen LogP contribution >= 0.6 is 0 Å². The van der Waals surface area contributed by atoms with Gasteiger partial charge in [-0.25, -0.2) is 0 Å². The lowest BCUT2D eigenvalue weighted by atomic mass is 10.1. The van der Waals surface area contributed by atoms with Gasteiger partial charge in [0.15, 0.2) is 23.0 Å². The van der Waals surface area contributed by atoms with Gasteiger partial charge in [-0.2, -0.15) is 0 Å². The summed E-state index contributed by atoms with van der Waals surface area (Å²) in [6.07, 6.45) is 1.97. The lowest BCUT2D eigenvalue weighted by Gasteiger charge is -2.23. The maximum absolute atomic E-state index is 6.81. The molecule has 0 amide bonds. The van der Waals surface area contributed by atoms with Gasteiger partial charge in [-0.1, -0.05) is 121 Å². The first kappa shape index (κ1) is 28.6. The van der Waals surface area contributed by atoms with Gasteiger partial charge in [0, 0.05) is 27.5 Å². The normalized spacial score (nSPS) is 12.8. The molecule has 0 unspecified atom stereocenters. The van der Waals surface area contributed by atoms with Crippen LogP contribution in [-0.2, 0) is 6.54 Å². The number of fused-ring (bicyclic) bond motifs is 8. The lowest BCUT2D eigenvalue weighted by molar-refractivity contribution is 0.366. The van der Waals surface area contributed by atoms with Crippen molar-refractivity contribution in [2.45, 2.75) is 6.54 Å². The van der Waals surface area contributed by atoms with Crippen molar-refractivity contribution in [3.8, 4) is 28.7 Å². The van der Waals surface area contributed by atoms with Crippen molar-refractivity contribution < 1.29 is 9.47 Å². The fourth-order valence-electron chi connectivity index (χ4n) is 6.71. The minimum absolute atomic E-state index is 0.567. The summed E-state index contributed by atoms with van der Waals surface area (Å²) >= 11 is 0. The van der Waals surface area contributed by atoms with E-state index in [2.05, 4.69) is 102 Å². The number of allylic oxidation sites excluding steroid dienone is 1. The molecule has 1 aliphatic heterocycles. The summed E-state index contributed by atoms with van der Waals surface area (Å²) < 4.78 is 15.5. The van der Waals surface area contributed by atoms with Gasteiger partial charge in [0.2, 0.25) is 0 Å². The van der Waals surface area contributed by atoms with E-state index < -0.39 is 0 Å². The third-order valence-electron chi connectivity index (χ3n) is 9.12. The van der Waals surface area contributed by atoms with Gasteiger partial charge in [-0.15, -0.1) is 0 Å². The summed E-state index contributed by atoms with van der Waals surface area (Å²) in [5.41, 5.74) is 14.3. The first-order chi connectivity index (χ1) is 24.2. The number of nitrogens with zero attached hydrogens (tertiary/aromatic N) is 2. The van der Waals surface area contributed by atoms with Gasteiger partial charge in [0.05, 0.1) is 17.8 Å². The summed E-state index contributed by atoms with van der Waals surface area (Å²) in [6.45, 7) is 0.567. The van der Waals surface area contributed by atoms with E-state index in [4.69, 9.17) is 20.2 Å². The number of aliphatic imine (C=N–C) groups is 1. The molecule has 234 valence electrons. The predicted molar refractivity (Wildman–Crippen MR) is 200 cm³/mol. The Morgan fingerprint density at radius 3 is 2.06 bits per heavy atom. The van der Waals surface area contributed by atoms with E-state index in [0.29, 0.717) is 29.5 Å². The van der Waals surface area contributed by atoms with Crippen LogP contribution in [0.15, 0.2) is 169 Å². The summed E-state index contributed by atoms with van der Waals surface area (Å²) in [7, 11) is 0. The van der Waals surface area contributed by atoms with E-state index >= 15 is 0 Å². The second-order valence-corrected chi connectivity index (χ2v) is 12.2. The van der Waals surface area contributed by atoms with Gasteiger partial charge in [0.1, 0.15) is 5.52 Å². The Hall–Kier alpha value is -6.59. The smallest absolute Gasteiger partial charge is 0.194 e. The molecule has 0 radical (unpaired) electrons. The van der Waals surface area contributed by atoms with Crippen LogP contribution in [0.25, 0.3) is 44.0 Å². The molecule has 0 fully saturated rings. The number of hydrogen-bond acceptors (Lipinski definition) is 4. The minimum atomic E-state index is 0.567. The molecule has 2 N–H and O–H groups in total. The molecule has 49 heavy (non-hydrogen) atoms. The average molecular weight is 634 g/mol. The van der Waals surface area contributed by atoms with Gasteiger partial charge in [-0.05, 0) is 64.6 Å². The monoisotopic (exact) mass is 633 g/mol. The third-order valence-corrected chi connectivity index (χ3v) is 9.12. The molecule has 5 nitrogen and oxygen atoms in total. The van der Waals surface area contributed by atoms with E-state index in [1.54, 1.807) is 0 Å². The van der Waals surface area contributed by atoms with Gasteiger partial charge in [0.25, 0.3) is 0 Å². The van der Waals surface area contributed by atoms with Crippen LogP contribution in [-0.4, -0.2) is 10.3 Å². The van der Waals surface area contributed by atoms with Crippen LogP contribution in [0.4, 0.5) is 0 Å². The number of para-hydroxylation sites is 1. The molecular weight excluding hydrogens is 603 g/mol. The molecule has 0 saturated heterocycles. The van der Waals surface area contributed by atoms with E-state index in [1.165, 1.54) is 0 Å². The Kier molecular flexibility index (Phi) is 6.95. The summed E-state index contributed by atoms with van der Waals surface area (Å²) in [6, 6.07) is 53.6. The standard InChI is InChI=1S/C44H31N3O2/c45-37(27-38(32-14-5-2-6-15-32)46-28-29-11-3-1-4-12-29)31-19-22-33(23-20-31)47-39-18-10-9-17-35(39)36-24-26-41-44(42(36)47)49-43-34-16-8-7-13-30(34)21-25-40(43)48-41/h1-27H,28,45H2/b37-27-,46-38+. The predicted octanol–water partition coefficient (Wildman–Crippen LogP) is 10.8. The summed E-state index contributed by atoms with van der Waals surface area (Å²) in [4.78, 5) is 4.96. The maximum Gasteiger partial charge on any atom is 0.194 e. The molecule has 0 bridgehead atoms. The van der Waals surface area contributed by atoms with Crippen LogP contribution in [0, 0.1) is 0 Å². The molecule has 0 saturated carbocycles. The van der Waals surface area contributed by atoms with E-state index in [1.807, 2.05) is 66.7 Å². The first-order valence-electron chi connectivity index (χ1n) is 16.4. The largest absolute Gasteiger partial charge is 0.449 e. The van der Waals surface area contributed by atoms with Crippen molar-refractivity contribution in [3.05, 3.63) is 180 Å². The number of nitrogens with two attached hydrogens (primary N) is 1. The van der Waals surface area contributed by atoms with Crippen LogP contribution < -0.4 is 15.2 Å². The maximum atomic E-state index is 6.81.